The molecule has 20 heavy (non-hydrogen) atoms. The molecule has 0 aliphatic carbocycles. The van der Waals surface area contributed by atoms with Crippen LogP contribution in [0, 0.1) is 0 Å². The number of amides is 1. The van der Waals surface area contributed by atoms with Gasteiger partial charge in [-0.2, -0.15) is 0 Å². The molecule has 0 atom stereocenters. The van der Waals surface area contributed by atoms with Crippen LogP contribution in [-0.4, -0.2) is 11.7 Å². The first-order chi connectivity index (χ1) is 9.66. The van der Waals surface area contributed by atoms with Gasteiger partial charge in [-0.3, -0.25) is 9.59 Å². The third kappa shape index (κ3) is 3.65. The smallest absolute Gasteiger partial charge is 0.255 e. The van der Waals surface area contributed by atoms with Crippen molar-refractivity contribution in [3.05, 3.63) is 77.5 Å². The molecule has 2 aromatic carbocycles. The van der Waals surface area contributed by atoms with Gasteiger partial charge in [0.25, 0.3) is 5.91 Å². The Morgan fingerprint density at radius 3 is 2.10 bits per heavy atom. The van der Waals surface area contributed by atoms with Gasteiger partial charge in [0.2, 0.25) is 0 Å². The lowest BCUT2D eigenvalue weighted by Gasteiger charge is -2.01. The Morgan fingerprint density at radius 2 is 1.50 bits per heavy atom. The summed E-state index contributed by atoms with van der Waals surface area (Å²) in [5, 5.41) is 2.69. The molecular weight excluding hydrogens is 250 g/mol. The topological polar surface area (TPSA) is 46.2 Å². The van der Waals surface area contributed by atoms with Gasteiger partial charge in [-0.15, -0.1) is 0 Å². The lowest BCUT2D eigenvalue weighted by molar-refractivity contribution is 0.0967. The van der Waals surface area contributed by atoms with Crippen LogP contribution in [0.15, 0.2) is 60.8 Å². The molecule has 100 valence electrons. The summed E-state index contributed by atoms with van der Waals surface area (Å²) in [6, 6.07) is 16.3. The molecule has 2 aromatic rings. The van der Waals surface area contributed by atoms with Crippen LogP contribution >= 0.6 is 0 Å². The molecule has 0 aromatic heterocycles. The van der Waals surface area contributed by atoms with Crippen molar-refractivity contribution >= 4 is 17.8 Å². The zero-order valence-electron chi connectivity index (χ0n) is 11.2. The number of hydrogen-bond acceptors (Lipinski definition) is 2. The fourth-order valence-corrected chi connectivity index (χ4v) is 1.72. The summed E-state index contributed by atoms with van der Waals surface area (Å²) in [7, 11) is 0. The molecule has 0 bridgehead atoms. The van der Waals surface area contributed by atoms with E-state index in [1.165, 1.54) is 6.92 Å². The van der Waals surface area contributed by atoms with E-state index in [2.05, 4.69) is 5.32 Å². The lowest BCUT2D eigenvalue weighted by atomic mass is 10.1. The van der Waals surface area contributed by atoms with Gasteiger partial charge in [-0.05, 0) is 30.7 Å². The Kier molecular flexibility index (Phi) is 4.45. The van der Waals surface area contributed by atoms with Crippen molar-refractivity contribution in [2.75, 3.05) is 0 Å². The summed E-state index contributed by atoms with van der Waals surface area (Å²) in [4.78, 5) is 23.0. The highest BCUT2D eigenvalue weighted by atomic mass is 16.1. The summed E-state index contributed by atoms with van der Waals surface area (Å²) < 4.78 is 0. The van der Waals surface area contributed by atoms with Gasteiger partial charge in [0.15, 0.2) is 5.78 Å². The molecule has 0 saturated heterocycles. The van der Waals surface area contributed by atoms with Crippen LogP contribution in [0.1, 0.15) is 33.2 Å². The number of carbonyl (C=O) groups excluding carboxylic acids is 2. The molecule has 2 rings (SSSR count). The molecule has 1 amide bonds. The third-order valence-corrected chi connectivity index (χ3v) is 2.84. The Bertz CT molecular complexity index is 628. The summed E-state index contributed by atoms with van der Waals surface area (Å²) in [5.41, 5.74) is 2.13. The van der Waals surface area contributed by atoms with Crippen LogP contribution in [-0.2, 0) is 0 Å². The largest absolute Gasteiger partial charge is 0.329 e. The van der Waals surface area contributed by atoms with Crippen molar-refractivity contribution in [3.63, 3.8) is 0 Å². The first-order valence-electron chi connectivity index (χ1n) is 6.30. The van der Waals surface area contributed by atoms with Crippen LogP contribution < -0.4 is 5.32 Å². The van der Waals surface area contributed by atoms with E-state index >= 15 is 0 Å². The van der Waals surface area contributed by atoms with Gasteiger partial charge < -0.3 is 5.32 Å². The first kappa shape index (κ1) is 13.7. The van der Waals surface area contributed by atoms with Crippen molar-refractivity contribution in [3.8, 4) is 0 Å². The number of hydrogen-bond donors (Lipinski definition) is 1. The van der Waals surface area contributed by atoms with Crippen LogP contribution in [0.25, 0.3) is 6.08 Å². The zero-order chi connectivity index (χ0) is 14.4. The van der Waals surface area contributed by atoms with Crippen LogP contribution in [0.4, 0.5) is 0 Å². The molecular formula is C17H15NO2. The normalized spacial score (nSPS) is 10.4. The molecule has 0 aliphatic rings. The van der Waals surface area contributed by atoms with Gasteiger partial charge in [0.1, 0.15) is 0 Å². The van der Waals surface area contributed by atoms with E-state index in [9.17, 15) is 9.59 Å². The first-order valence-corrected chi connectivity index (χ1v) is 6.30. The van der Waals surface area contributed by atoms with E-state index < -0.39 is 0 Å². The van der Waals surface area contributed by atoms with Crippen molar-refractivity contribution in [2.24, 2.45) is 0 Å². The van der Waals surface area contributed by atoms with Crippen molar-refractivity contribution in [2.45, 2.75) is 6.92 Å². The molecule has 3 heteroatoms. The van der Waals surface area contributed by atoms with Gasteiger partial charge in [0.05, 0.1) is 0 Å². The van der Waals surface area contributed by atoms with Gasteiger partial charge in [-0.25, -0.2) is 0 Å². The minimum absolute atomic E-state index is 0.0130. The summed E-state index contributed by atoms with van der Waals surface area (Å²) >= 11 is 0. The Morgan fingerprint density at radius 1 is 0.900 bits per heavy atom. The molecule has 0 fully saturated rings. The Labute approximate surface area is 117 Å². The predicted octanol–water partition coefficient (Wildman–Crippen LogP) is 3.29. The van der Waals surface area contributed by atoms with E-state index in [4.69, 9.17) is 0 Å². The van der Waals surface area contributed by atoms with Crippen molar-refractivity contribution in [1.29, 1.82) is 0 Å². The SMILES string of the molecule is CC(=O)c1ccc(C(=O)N/C=C/c2ccccc2)cc1. The number of rotatable bonds is 4. The minimum atomic E-state index is -0.202. The third-order valence-electron chi connectivity index (χ3n) is 2.84. The highest BCUT2D eigenvalue weighted by Gasteiger charge is 2.04. The fraction of sp³-hybridized carbons (Fsp3) is 0.0588. The summed E-state index contributed by atoms with van der Waals surface area (Å²) in [6.45, 7) is 1.50. The molecule has 0 radical (unpaired) electrons. The zero-order valence-corrected chi connectivity index (χ0v) is 11.2. The standard InChI is InChI=1S/C17H15NO2/c1-13(19)15-7-9-16(10-8-15)17(20)18-12-11-14-5-3-2-4-6-14/h2-12H,1H3,(H,18,20)/b12-11+. The van der Waals surface area contributed by atoms with Crippen LogP contribution in [0.3, 0.4) is 0 Å². The predicted molar refractivity (Wildman–Crippen MR) is 79.4 cm³/mol. The van der Waals surface area contributed by atoms with E-state index in [1.807, 2.05) is 36.4 Å². The molecule has 0 unspecified atom stereocenters. The molecule has 1 N–H and O–H groups in total. The van der Waals surface area contributed by atoms with Crippen molar-refractivity contribution < 1.29 is 9.59 Å². The highest BCUT2D eigenvalue weighted by Crippen LogP contribution is 2.05. The average Bonchev–Trinajstić information content (AvgIpc) is 2.48. The van der Waals surface area contributed by atoms with E-state index in [-0.39, 0.29) is 11.7 Å². The summed E-state index contributed by atoms with van der Waals surface area (Å²) in [6.07, 6.45) is 3.43. The number of Topliss-reactive ketones (excluding diaryl/α,β-unsaturated/α-hetero) is 1. The molecule has 0 saturated carbocycles. The molecule has 0 spiro atoms. The van der Waals surface area contributed by atoms with Crippen LogP contribution in [0.5, 0.6) is 0 Å². The summed E-state index contributed by atoms with van der Waals surface area (Å²) in [5.74, 6) is -0.215. The molecule has 0 aliphatic heterocycles. The quantitative estimate of drug-likeness (QED) is 0.862. The monoisotopic (exact) mass is 265 g/mol. The second-order valence-electron chi connectivity index (χ2n) is 4.35. The van der Waals surface area contributed by atoms with E-state index in [1.54, 1.807) is 30.5 Å². The fourth-order valence-electron chi connectivity index (χ4n) is 1.72. The van der Waals surface area contributed by atoms with E-state index in [0.29, 0.717) is 11.1 Å². The maximum absolute atomic E-state index is 11.9. The van der Waals surface area contributed by atoms with Gasteiger partial charge in [0, 0.05) is 17.3 Å². The van der Waals surface area contributed by atoms with Gasteiger partial charge in [-0.1, -0.05) is 42.5 Å². The Balaban J connectivity index is 1.98. The maximum atomic E-state index is 11.9. The second kappa shape index (κ2) is 6.48. The number of carbonyl (C=O) groups is 2. The number of nitrogens with one attached hydrogen (secondary N) is 1. The molecule has 3 nitrogen and oxygen atoms in total. The van der Waals surface area contributed by atoms with Crippen LogP contribution in [0.2, 0.25) is 0 Å². The maximum Gasteiger partial charge on any atom is 0.255 e. The highest BCUT2D eigenvalue weighted by molar-refractivity contribution is 5.98. The number of ketones is 1. The number of benzene rings is 2. The van der Waals surface area contributed by atoms with Gasteiger partial charge >= 0.3 is 0 Å². The molecule has 0 heterocycles. The lowest BCUT2D eigenvalue weighted by Crippen LogP contribution is -2.16. The average molecular weight is 265 g/mol. The van der Waals surface area contributed by atoms with E-state index in [0.717, 1.165) is 5.56 Å². The van der Waals surface area contributed by atoms with Crippen molar-refractivity contribution in [1.82, 2.24) is 5.32 Å². The minimum Gasteiger partial charge on any atom is -0.329 e. The second-order valence-corrected chi connectivity index (χ2v) is 4.35. The Hall–Kier alpha value is -2.68.